The molecule has 1 aromatic rings. The van der Waals surface area contributed by atoms with Crippen molar-refractivity contribution in [3.63, 3.8) is 0 Å². The molecule has 0 aliphatic rings. The Morgan fingerprint density at radius 1 is 1.33 bits per heavy atom. The summed E-state index contributed by atoms with van der Waals surface area (Å²) in [6, 6.07) is 4.32. The van der Waals surface area contributed by atoms with Gasteiger partial charge in [-0.25, -0.2) is 0 Å². The van der Waals surface area contributed by atoms with Crippen LogP contribution < -0.4 is 0 Å². The molecule has 0 amide bonds. The monoisotopic (exact) mass is 163 g/mol. The van der Waals surface area contributed by atoms with Gasteiger partial charge in [-0.1, -0.05) is 26.8 Å². The van der Waals surface area contributed by atoms with Gasteiger partial charge in [0.05, 0.1) is 0 Å². The molecular formula is C11H17N. The second kappa shape index (κ2) is 4.24. The predicted octanol–water partition coefficient (Wildman–Crippen LogP) is 3.16. The molecule has 0 saturated heterocycles. The first-order chi connectivity index (χ1) is 5.77. The van der Waals surface area contributed by atoms with Crippen molar-refractivity contribution in [1.82, 2.24) is 4.98 Å². The molecule has 1 nitrogen and oxygen atoms in total. The van der Waals surface area contributed by atoms with Gasteiger partial charge in [-0.3, -0.25) is 4.98 Å². The van der Waals surface area contributed by atoms with E-state index in [0.29, 0.717) is 5.92 Å². The maximum absolute atomic E-state index is 4.37. The molecule has 1 heterocycles. The van der Waals surface area contributed by atoms with E-state index in [2.05, 4.69) is 37.9 Å². The maximum atomic E-state index is 4.37. The Hall–Kier alpha value is -0.850. The first-order valence-electron chi connectivity index (χ1n) is 4.72. The molecular weight excluding hydrogens is 146 g/mol. The molecule has 0 aromatic carbocycles. The van der Waals surface area contributed by atoms with Gasteiger partial charge in [-0.05, 0) is 30.4 Å². The van der Waals surface area contributed by atoms with Crippen molar-refractivity contribution < 1.29 is 0 Å². The SMILES string of the molecule is CCc1ccc(C(C)CC)cn1. The minimum absolute atomic E-state index is 0.642. The van der Waals surface area contributed by atoms with E-state index in [0.717, 1.165) is 6.42 Å². The summed E-state index contributed by atoms with van der Waals surface area (Å²) in [5.41, 5.74) is 2.54. The van der Waals surface area contributed by atoms with Crippen LogP contribution in [-0.4, -0.2) is 4.98 Å². The van der Waals surface area contributed by atoms with E-state index in [1.54, 1.807) is 0 Å². The second-order valence-electron chi connectivity index (χ2n) is 3.25. The molecule has 1 unspecified atom stereocenters. The van der Waals surface area contributed by atoms with Crippen LogP contribution in [0.4, 0.5) is 0 Å². The fourth-order valence-electron chi connectivity index (χ4n) is 1.17. The summed E-state index contributed by atoms with van der Waals surface area (Å²) in [7, 11) is 0. The van der Waals surface area contributed by atoms with E-state index in [9.17, 15) is 0 Å². The van der Waals surface area contributed by atoms with Crippen LogP contribution >= 0.6 is 0 Å². The van der Waals surface area contributed by atoms with Gasteiger partial charge in [0.2, 0.25) is 0 Å². The van der Waals surface area contributed by atoms with Crippen molar-refractivity contribution in [2.75, 3.05) is 0 Å². The van der Waals surface area contributed by atoms with Crippen molar-refractivity contribution in [3.05, 3.63) is 29.6 Å². The van der Waals surface area contributed by atoms with Crippen molar-refractivity contribution in [2.45, 2.75) is 39.5 Å². The first-order valence-corrected chi connectivity index (χ1v) is 4.72. The van der Waals surface area contributed by atoms with E-state index in [-0.39, 0.29) is 0 Å². The molecule has 0 bridgehead atoms. The summed E-state index contributed by atoms with van der Waals surface area (Å²) >= 11 is 0. The third-order valence-corrected chi connectivity index (χ3v) is 2.39. The highest BCUT2D eigenvalue weighted by atomic mass is 14.7. The standard InChI is InChI=1S/C11H17N/c1-4-9(3)10-6-7-11(5-2)12-8-10/h6-9H,4-5H2,1-3H3. The van der Waals surface area contributed by atoms with Crippen LogP contribution in [0.3, 0.4) is 0 Å². The molecule has 0 saturated carbocycles. The zero-order valence-electron chi connectivity index (χ0n) is 8.17. The molecule has 1 heteroatoms. The van der Waals surface area contributed by atoms with Gasteiger partial charge in [0.25, 0.3) is 0 Å². The van der Waals surface area contributed by atoms with Crippen LogP contribution in [0.2, 0.25) is 0 Å². The lowest BCUT2D eigenvalue weighted by atomic mass is 10.0. The van der Waals surface area contributed by atoms with E-state index >= 15 is 0 Å². The quantitative estimate of drug-likeness (QED) is 0.667. The largest absolute Gasteiger partial charge is 0.261 e. The second-order valence-corrected chi connectivity index (χ2v) is 3.25. The molecule has 1 aromatic heterocycles. The molecule has 0 aliphatic carbocycles. The Morgan fingerprint density at radius 3 is 2.50 bits per heavy atom. The highest BCUT2D eigenvalue weighted by molar-refractivity contribution is 5.17. The van der Waals surface area contributed by atoms with Crippen LogP contribution in [0.25, 0.3) is 0 Å². The van der Waals surface area contributed by atoms with Gasteiger partial charge >= 0.3 is 0 Å². The van der Waals surface area contributed by atoms with Crippen LogP contribution in [0, 0.1) is 0 Å². The molecule has 1 rings (SSSR count). The average molecular weight is 163 g/mol. The Morgan fingerprint density at radius 2 is 2.08 bits per heavy atom. The van der Waals surface area contributed by atoms with Gasteiger partial charge in [0.15, 0.2) is 0 Å². The van der Waals surface area contributed by atoms with Gasteiger partial charge < -0.3 is 0 Å². The zero-order valence-corrected chi connectivity index (χ0v) is 8.17. The van der Waals surface area contributed by atoms with Gasteiger partial charge in [0.1, 0.15) is 0 Å². The number of hydrogen-bond acceptors (Lipinski definition) is 1. The van der Waals surface area contributed by atoms with E-state index in [1.807, 2.05) is 6.20 Å². The van der Waals surface area contributed by atoms with Crippen LogP contribution in [0.15, 0.2) is 18.3 Å². The number of rotatable bonds is 3. The van der Waals surface area contributed by atoms with Crippen molar-refractivity contribution in [3.8, 4) is 0 Å². The molecule has 1 atom stereocenters. The smallest absolute Gasteiger partial charge is 0.0401 e. The van der Waals surface area contributed by atoms with Gasteiger partial charge in [-0.15, -0.1) is 0 Å². The van der Waals surface area contributed by atoms with Crippen molar-refractivity contribution >= 4 is 0 Å². The molecule has 0 radical (unpaired) electrons. The van der Waals surface area contributed by atoms with Crippen LogP contribution in [-0.2, 0) is 6.42 Å². The average Bonchev–Trinajstić information content (AvgIpc) is 2.17. The van der Waals surface area contributed by atoms with Gasteiger partial charge in [-0.2, -0.15) is 0 Å². The topological polar surface area (TPSA) is 12.9 Å². The highest BCUT2D eigenvalue weighted by Gasteiger charge is 2.01. The Kier molecular flexibility index (Phi) is 3.27. The molecule has 12 heavy (non-hydrogen) atoms. The van der Waals surface area contributed by atoms with Crippen molar-refractivity contribution in [1.29, 1.82) is 0 Å². The molecule has 0 N–H and O–H groups in total. The first kappa shape index (κ1) is 9.24. The van der Waals surface area contributed by atoms with E-state index in [1.165, 1.54) is 17.7 Å². The summed E-state index contributed by atoms with van der Waals surface area (Å²) in [5, 5.41) is 0. The predicted molar refractivity (Wildman–Crippen MR) is 52.3 cm³/mol. The third-order valence-electron chi connectivity index (χ3n) is 2.39. The number of hydrogen-bond donors (Lipinski definition) is 0. The Balaban J connectivity index is 2.77. The number of aryl methyl sites for hydroxylation is 1. The van der Waals surface area contributed by atoms with Crippen molar-refractivity contribution in [2.24, 2.45) is 0 Å². The highest BCUT2D eigenvalue weighted by Crippen LogP contribution is 2.17. The lowest BCUT2D eigenvalue weighted by Crippen LogP contribution is -1.94. The molecule has 0 fully saturated rings. The van der Waals surface area contributed by atoms with E-state index in [4.69, 9.17) is 0 Å². The third kappa shape index (κ3) is 2.07. The normalized spacial score (nSPS) is 12.9. The summed E-state index contributed by atoms with van der Waals surface area (Å²) in [6.45, 7) is 6.58. The number of aromatic nitrogens is 1. The lowest BCUT2D eigenvalue weighted by molar-refractivity contribution is 0.728. The molecule has 0 spiro atoms. The zero-order chi connectivity index (χ0) is 8.97. The lowest BCUT2D eigenvalue weighted by Gasteiger charge is -2.07. The van der Waals surface area contributed by atoms with Crippen LogP contribution in [0.5, 0.6) is 0 Å². The summed E-state index contributed by atoms with van der Waals surface area (Å²) in [6.07, 6.45) is 4.22. The van der Waals surface area contributed by atoms with Gasteiger partial charge in [0, 0.05) is 11.9 Å². The maximum Gasteiger partial charge on any atom is 0.0401 e. The number of nitrogens with zero attached hydrogens (tertiary/aromatic N) is 1. The fraction of sp³-hybridized carbons (Fsp3) is 0.545. The van der Waals surface area contributed by atoms with E-state index < -0.39 is 0 Å². The number of pyridine rings is 1. The Bertz CT molecular complexity index is 225. The minimum atomic E-state index is 0.642. The van der Waals surface area contributed by atoms with Crippen LogP contribution in [0.1, 0.15) is 44.4 Å². The molecule has 0 aliphatic heterocycles. The fourth-order valence-corrected chi connectivity index (χ4v) is 1.17. The molecule has 66 valence electrons. The Labute approximate surface area is 74.8 Å². The summed E-state index contributed by atoms with van der Waals surface area (Å²) < 4.78 is 0. The summed E-state index contributed by atoms with van der Waals surface area (Å²) in [4.78, 5) is 4.37. The minimum Gasteiger partial charge on any atom is -0.261 e. The summed E-state index contributed by atoms with van der Waals surface area (Å²) in [5.74, 6) is 0.642.